The summed E-state index contributed by atoms with van der Waals surface area (Å²) in [6, 6.07) is 10.3. The molecule has 2 N–H and O–H groups in total. The molecular formula is C19H21N3OS2. The van der Waals surface area contributed by atoms with Crippen molar-refractivity contribution in [3.8, 4) is 0 Å². The topological polar surface area (TPSA) is 54.0 Å². The standard InChI is InChI=1S/C19H21N3OS2/c1-12-6-7-16(13(2)11-12)22-19-21-14(3)17(25-19)18(23)20-9-8-15-5-4-10-24-15/h4-7,10-11H,8-9H2,1-3H3,(H,20,23)(H,21,22). The van der Waals surface area contributed by atoms with Crippen molar-refractivity contribution in [1.29, 1.82) is 0 Å². The number of hydrogen-bond acceptors (Lipinski definition) is 5. The number of thiazole rings is 1. The first-order chi connectivity index (χ1) is 12.0. The number of carbonyl (C=O) groups excluding carboxylic acids is 1. The first-order valence-corrected chi connectivity index (χ1v) is 9.85. The minimum atomic E-state index is -0.0553. The maximum Gasteiger partial charge on any atom is 0.263 e. The van der Waals surface area contributed by atoms with Gasteiger partial charge < -0.3 is 10.6 Å². The van der Waals surface area contributed by atoms with Crippen LogP contribution in [0.3, 0.4) is 0 Å². The monoisotopic (exact) mass is 371 g/mol. The second-order valence-electron chi connectivity index (χ2n) is 5.96. The van der Waals surface area contributed by atoms with Crippen molar-refractivity contribution < 1.29 is 4.79 Å². The first-order valence-electron chi connectivity index (χ1n) is 8.15. The third kappa shape index (κ3) is 4.46. The van der Waals surface area contributed by atoms with Crippen LogP contribution in [0.1, 0.15) is 31.4 Å². The van der Waals surface area contributed by atoms with E-state index in [-0.39, 0.29) is 5.91 Å². The molecule has 25 heavy (non-hydrogen) atoms. The Morgan fingerprint density at radius 1 is 1.20 bits per heavy atom. The number of thiophene rings is 1. The van der Waals surface area contributed by atoms with Crippen LogP contribution in [-0.2, 0) is 6.42 Å². The molecule has 3 aromatic rings. The van der Waals surface area contributed by atoms with Gasteiger partial charge in [-0.15, -0.1) is 11.3 Å². The number of nitrogens with one attached hydrogen (secondary N) is 2. The molecule has 0 aliphatic rings. The fraction of sp³-hybridized carbons (Fsp3) is 0.263. The lowest BCUT2D eigenvalue weighted by Gasteiger charge is -2.07. The van der Waals surface area contributed by atoms with Crippen molar-refractivity contribution >= 4 is 39.4 Å². The summed E-state index contributed by atoms with van der Waals surface area (Å²) in [6.07, 6.45) is 0.856. The maximum atomic E-state index is 12.4. The zero-order valence-corrected chi connectivity index (χ0v) is 16.2. The van der Waals surface area contributed by atoms with Crippen molar-refractivity contribution in [1.82, 2.24) is 10.3 Å². The summed E-state index contributed by atoms with van der Waals surface area (Å²) < 4.78 is 0. The highest BCUT2D eigenvalue weighted by atomic mass is 32.1. The van der Waals surface area contributed by atoms with Crippen molar-refractivity contribution in [2.75, 3.05) is 11.9 Å². The Labute approximate surface area is 155 Å². The lowest BCUT2D eigenvalue weighted by molar-refractivity contribution is 0.0957. The summed E-state index contributed by atoms with van der Waals surface area (Å²) in [5.41, 5.74) is 4.16. The highest BCUT2D eigenvalue weighted by Gasteiger charge is 2.15. The Kier molecular flexibility index (Phi) is 5.50. The molecule has 0 aliphatic heterocycles. The van der Waals surface area contributed by atoms with Crippen molar-refractivity contribution in [3.05, 3.63) is 62.3 Å². The van der Waals surface area contributed by atoms with Gasteiger partial charge in [0, 0.05) is 17.1 Å². The summed E-state index contributed by atoms with van der Waals surface area (Å²) in [7, 11) is 0. The Morgan fingerprint density at radius 3 is 2.76 bits per heavy atom. The van der Waals surface area contributed by atoms with Crippen LogP contribution in [0.15, 0.2) is 35.7 Å². The molecule has 1 aromatic carbocycles. The average molecular weight is 372 g/mol. The quantitative estimate of drug-likeness (QED) is 0.651. The fourth-order valence-electron chi connectivity index (χ4n) is 2.56. The number of nitrogens with zero attached hydrogens (tertiary/aromatic N) is 1. The molecule has 0 spiro atoms. The molecule has 0 aliphatic carbocycles. The Hall–Kier alpha value is -2.18. The molecule has 1 amide bonds. The normalized spacial score (nSPS) is 10.7. The van der Waals surface area contributed by atoms with Gasteiger partial charge in [-0.2, -0.15) is 0 Å². The first kappa shape index (κ1) is 17.6. The second-order valence-corrected chi connectivity index (χ2v) is 7.99. The van der Waals surface area contributed by atoms with Gasteiger partial charge >= 0.3 is 0 Å². The highest BCUT2D eigenvalue weighted by molar-refractivity contribution is 7.17. The van der Waals surface area contributed by atoms with E-state index in [0.717, 1.165) is 28.5 Å². The van der Waals surface area contributed by atoms with Crippen LogP contribution in [0.2, 0.25) is 0 Å². The highest BCUT2D eigenvalue weighted by Crippen LogP contribution is 2.27. The predicted octanol–water partition coefficient (Wildman–Crippen LogP) is 4.85. The lowest BCUT2D eigenvalue weighted by Crippen LogP contribution is -2.25. The van der Waals surface area contributed by atoms with E-state index in [2.05, 4.69) is 53.0 Å². The van der Waals surface area contributed by atoms with E-state index in [1.165, 1.54) is 21.8 Å². The number of benzene rings is 1. The SMILES string of the molecule is Cc1ccc(Nc2nc(C)c(C(=O)NCCc3cccs3)s2)c(C)c1. The zero-order chi connectivity index (χ0) is 17.8. The molecule has 3 rings (SSSR count). The molecule has 6 heteroatoms. The number of anilines is 2. The van der Waals surface area contributed by atoms with Crippen LogP contribution in [0.4, 0.5) is 10.8 Å². The summed E-state index contributed by atoms with van der Waals surface area (Å²) in [5.74, 6) is -0.0553. The van der Waals surface area contributed by atoms with Crippen molar-refractivity contribution in [2.45, 2.75) is 27.2 Å². The molecule has 0 saturated heterocycles. The molecule has 0 fully saturated rings. The zero-order valence-electron chi connectivity index (χ0n) is 14.6. The third-order valence-electron chi connectivity index (χ3n) is 3.86. The Bertz CT molecular complexity index is 869. The molecule has 0 atom stereocenters. The molecule has 0 bridgehead atoms. The second kappa shape index (κ2) is 7.80. The van der Waals surface area contributed by atoms with E-state index < -0.39 is 0 Å². The number of hydrogen-bond donors (Lipinski definition) is 2. The number of aryl methyl sites for hydroxylation is 3. The number of amides is 1. The lowest BCUT2D eigenvalue weighted by atomic mass is 10.1. The van der Waals surface area contributed by atoms with E-state index in [1.54, 1.807) is 11.3 Å². The van der Waals surface area contributed by atoms with E-state index >= 15 is 0 Å². The van der Waals surface area contributed by atoms with E-state index in [4.69, 9.17) is 0 Å². The van der Waals surface area contributed by atoms with Crippen LogP contribution < -0.4 is 10.6 Å². The van der Waals surface area contributed by atoms with Gasteiger partial charge in [0.1, 0.15) is 4.88 Å². The average Bonchev–Trinajstić information content (AvgIpc) is 3.20. The van der Waals surface area contributed by atoms with Crippen LogP contribution in [0.5, 0.6) is 0 Å². The van der Waals surface area contributed by atoms with Gasteiger partial charge in [0.25, 0.3) is 5.91 Å². The number of carbonyl (C=O) groups is 1. The predicted molar refractivity (Wildman–Crippen MR) is 106 cm³/mol. The van der Waals surface area contributed by atoms with E-state index in [9.17, 15) is 4.79 Å². The molecule has 0 radical (unpaired) electrons. The van der Waals surface area contributed by atoms with Crippen molar-refractivity contribution in [2.24, 2.45) is 0 Å². The molecule has 130 valence electrons. The van der Waals surface area contributed by atoms with Gasteiger partial charge in [-0.1, -0.05) is 35.1 Å². The molecule has 0 saturated carbocycles. The number of aromatic nitrogens is 1. The molecule has 2 heterocycles. The summed E-state index contributed by atoms with van der Waals surface area (Å²) in [5, 5.41) is 9.10. The van der Waals surface area contributed by atoms with Gasteiger partial charge in [0.2, 0.25) is 0 Å². The van der Waals surface area contributed by atoms with Crippen LogP contribution in [0, 0.1) is 20.8 Å². The summed E-state index contributed by atoms with van der Waals surface area (Å²) in [6.45, 7) is 6.64. The van der Waals surface area contributed by atoms with Gasteiger partial charge in [0.05, 0.1) is 5.69 Å². The smallest absolute Gasteiger partial charge is 0.263 e. The molecule has 0 unspecified atom stereocenters. The Balaban J connectivity index is 1.63. The van der Waals surface area contributed by atoms with Gasteiger partial charge in [-0.05, 0) is 50.3 Å². The van der Waals surface area contributed by atoms with E-state index in [1.807, 2.05) is 19.1 Å². The van der Waals surface area contributed by atoms with Crippen LogP contribution in [-0.4, -0.2) is 17.4 Å². The van der Waals surface area contributed by atoms with Crippen LogP contribution >= 0.6 is 22.7 Å². The minimum Gasteiger partial charge on any atom is -0.351 e. The molecule has 2 aromatic heterocycles. The summed E-state index contributed by atoms with van der Waals surface area (Å²) in [4.78, 5) is 18.8. The Morgan fingerprint density at radius 2 is 2.04 bits per heavy atom. The molecule has 4 nitrogen and oxygen atoms in total. The maximum absolute atomic E-state index is 12.4. The van der Waals surface area contributed by atoms with Gasteiger partial charge in [0.15, 0.2) is 5.13 Å². The summed E-state index contributed by atoms with van der Waals surface area (Å²) >= 11 is 3.10. The third-order valence-corrected chi connectivity index (χ3v) is 5.87. The number of rotatable bonds is 6. The minimum absolute atomic E-state index is 0.0553. The molecular weight excluding hydrogens is 350 g/mol. The van der Waals surface area contributed by atoms with Gasteiger partial charge in [-0.3, -0.25) is 4.79 Å². The van der Waals surface area contributed by atoms with Gasteiger partial charge in [-0.25, -0.2) is 4.98 Å². The van der Waals surface area contributed by atoms with E-state index in [0.29, 0.717) is 11.4 Å². The van der Waals surface area contributed by atoms with Crippen molar-refractivity contribution in [3.63, 3.8) is 0 Å². The largest absolute Gasteiger partial charge is 0.351 e. The van der Waals surface area contributed by atoms with Crippen LogP contribution in [0.25, 0.3) is 0 Å². The fourth-order valence-corrected chi connectivity index (χ4v) is 4.17.